The number of tetrazole rings is 1. The molecule has 1 aromatic carbocycles. The third kappa shape index (κ3) is 3.26. The maximum absolute atomic E-state index is 12.4. The standard InChI is InChI=1S/C13H11N5O4S2/c1-9(19)22-18-13(14-16-17-18)12-11(7-8-23-12)15-24(20,21)10-5-3-2-4-6-10/h2-8,15H,1H3. The number of aromatic nitrogens is 4. The van der Waals surface area contributed by atoms with Gasteiger partial charge in [0.25, 0.3) is 10.0 Å². The van der Waals surface area contributed by atoms with Gasteiger partial charge in [-0.1, -0.05) is 18.2 Å². The highest BCUT2D eigenvalue weighted by Gasteiger charge is 2.21. The first-order valence-corrected chi connectivity index (χ1v) is 8.96. The summed E-state index contributed by atoms with van der Waals surface area (Å²) in [6, 6.07) is 9.53. The molecule has 0 aliphatic rings. The zero-order valence-corrected chi connectivity index (χ0v) is 13.9. The summed E-state index contributed by atoms with van der Waals surface area (Å²) in [6.45, 7) is 1.21. The zero-order valence-electron chi connectivity index (χ0n) is 12.3. The van der Waals surface area contributed by atoms with Gasteiger partial charge in [0.15, 0.2) is 0 Å². The van der Waals surface area contributed by atoms with Crippen LogP contribution in [0.4, 0.5) is 5.69 Å². The molecule has 0 aliphatic carbocycles. The van der Waals surface area contributed by atoms with Gasteiger partial charge in [0.2, 0.25) is 5.82 Å². The molecule has 0 bridgehead atoms. The Kier molecular flexibility index (Phi) is 4.27. The molecule has 0 fully saturated rings. The maximum atomic E-state index is 12.4. The van der Waals surface area contributed by atoms with E-state index in [1.54, 1.807) is 29.6 Å². The molecule has 0 atom stereocenters. The Morgan fingerprint density at radius 1 is 1.25 bits per heavy atom. The van der Waals surface area contributed by atoms with Crippen molar-refractivity contribution in [2.24, 2.45) is 0 Å². The Bertz CT molecular complexity index is 965. The fraction of sp³-hybridized carbons (Fsp3) is 0.0769. The van der Waals surface area contributed by atoms with E-state index in [4.69, 9.17) is 4.84 Å². The van der Waals surface area contributed by atoms with Crippen LogP contribution in [0, 0.1) is 0 Å². The van der Waals surface area contributed by atoms with E-state index in [1.807, 2.05) is 0 Å². The number of rotatable bonds is 5. The summed E-state index contributed by atoms with van der Waals surface area (Å²) in [7, 11) is -3.76. The summed E-state index contributed by atoms with van der Waals surface area (Å²) in [5, 5.41) is 12.4. The molecule has 11 heteroatoms. The molecule has 0 saturated heterocycles. The summed E-state index contributed by atoms with van der Waals surface area (Å²) in [4.78, 5) is 17.3. The molecule has 24 heavy (non-hydrogen) atoms. The van der Waals surface area contributed by atoms with Gasteiger partial charge in [-0.25, -0.2) is 13.2 Å². The Morgan fingerprint density at radius 2 is 2.00 bits per heavy atom. The first-order valence-electron chi connectivity index (χ1n) is 6.60. The summed E-state index contributed by atoms with van der Waals surface area (Å²) in [6.07, 6.45) is 0. The van der Waals surface area contributed by atoms with Crippen molar-refractivity contribution < 1.29 is 18.0 Å². The SMILES string of the molecule is CC(=O)On1nnnc1-c1sccc1NS(=O)(=O)c1ccccc1. The molecule has 2 aromatic heterocycles. The van der Waals surface area contributed by atoms with Crippen LogP contribution in [0.25, 0.3) is 10.7 Å². The normalized spacial score (nSPS) is 11.2. The molecule has 3 aromatic rings. The van der Waals surface area contributed by atoms with Crippen LogP contribution in [0.5, 0.6) is 0 Å². The van der Waals surface area contributed by atoms with Crippen LogP contribution in [0.1, 0.15) is 6.92 Å². The lowest BCUT2D eigenvalue weighted by Gasteiger charge is -2.08. The molecule has 3 rings (SSSR count). The van der Waals surface area contributed by atoms with Gasteiger partial charge in [-0.05, 0) is 38.9 Å². The van der Waals surface area contributed by atoms with Crippen molar-refractivity contribution in [3.05, 3.63) is 41.8 Å². The topological polar surface area (TPSA) is 116 Å². The van der Waals surface area contributed by atoms with Crippen LogP contribution < -0.4 is 9.56 Å². The fourth-order valence-corrected chi connectivity index (χ4v) is 3.83. The Balaban J connectivity index is 1.95. The van der Waals surface area contributed by atoms with Crippen molar-refractivity contribution in [2.45, 2.75) is 11.8 Å². The van der Waals surface area contributed by atoms with E-state index < -0.39 is 16.0 Å². The first-order chi connectivity index (χ1) is 11.5. The minimum atomic E-state index is -3.76. The molecule has 9 nitrogen and oxygen atoms in total. The van der Waals surface area contributed by atoms with Gasteiger partial charge < -0.3 is 4.84 Å². The third-order valence-electron chi connectivity index (χ3n) is 2.82. The quantitative estimate of drug-likeness (QED) is 0.675. The third-order valence-corrected chi connectivity index (χ3v) is 5.11. The smallest absolute Gasteiger partial charge is 0.316 e. The van der Waals surface area contributed by atoms with Crippen molar-refractivity contribution in [1.82, 2.24) is 20.4 Å². The summed E-state index contributed by atoms with van der Waals surface area (Å²) in [5.74, 6) is -0.488. The number of hydrogen-bond acceptors (Lipinski definition) is 8. The molecule has 0 radical (unpaired) electrons. The second-order valence-corrected chi connectivity index (χ2v) is 7.14. The van der Waals surface area contributed by atoms with Gasteiger partial charge in [0, 0.05) is 6.92 Å². The Morgan fingerprint density at radius 3 is 2.71 bits per heavy atom. The average Bonchev–Trinajstić information content (AvgIpc) is 3.16. The summed E-state index contributed by atoms with van der Waals surface area (Å²) < 4.78 is 27.4. The largest absolute Gasteiger partial charge is 0.332 e. The number of sulfonamides is 1. The molecule has 0 amide bonds. The number of nitrogens with one attached hydrogen (secondary N) is 1. The summed E-state index contributed by atoms with van der Waals surface area (Å²) >= 11 is 1.20. The lowest BCUT2D eigenvalue weighted by Crippen LogP contribution is -2.19. The van der Waals surface area contributed by atoms with Crippen molar-refractivity contribution >= 4 is 33.0 Å². The highest BCUT2D eigenvalue weighted by atomic mass is 32.2. The van der Waals surface area contributed by atoms with E-state index in [0.29, 0.717) is 4.88 Å². The van der Waals surface area contributed by atoms with Gasteiger partial charge >= 0.3 is 5.97 Å². The van der Waals surface area contributed by atoms with Gasteiger partial charge in [-0.2, -0.15) is 0 Å². The molecule has 0 saturated carbocycles. The molecular formula is C13H11N5O4S2. The number of benzene rings is 1. The molecule has 0 spiro atoms. The predicted octanol–water partition coefficient (Wildman–Crippen LogP) is 1.18. The van der Waals surface area contributed by atoms with Crippen molar-refractivity contribution in [3.8, 4) is 10.7 Å². The monoisotopic (exact) mass is 365 g/mol. The van der Waals surface area contributed by atoms with Crippen LogP contribution in [-0.2, 0) is 14.8 Å². The maximum Gasteiger partial charge on any atom is 0.332 e. The number of carbonyl (C=O) groups is 1. The predicted molar refractivity (Wildman–Crippen MR) is 85.6 cm³/mol. The second-order valence-electron chi connectivity index (χ2n) is 4.54. The molecule has 124 valence electrons. The first kappa shape index (κ1) is 16.1. The van der Waals surface area contributed by atoms with E-state index >= 15 is 0 Å². The molecule has 2 heterocycles. The van der Waals surface area contributed by atoms with Crippen molar-refractivity contribution in [3.63, 3.8) is 0 Å². The fourth-order valence-electron chi connectivity index (χ4n) is 1.86. The van der Waals surface area contributed by atoms with Crippen molar-refractivity contribution in [1.29, 1.82) is 0 Å². The van der Waals surface area contributed by atoms with Crippen molar-refractivity contribution in [2.75, 3.05) is 4.72 Å². The second kappa shape index (κ2) is 6.37. The lowest BCUT2D eigenvalue weighted by atomic mass is 10.4. The summed E-state index contributed by atoms with van der Waals surface area (Å²) in [5.41, 5.74) is 0.284. The number of nitrogens with zero attached hydrogens (tertiary/aromatic N) is 4. The molecule has 0 unspecified atom stereocenters. The highest BCUT2D eigenvalue weighted by molar-refractivity contribution is 7.92. The minimum absolute atomic E-state index is 0.117. The number of carbonyl (C=O) groups excluding carboxylic acids is 1. The Hall–Kier alpha value is -2.79. The zero-order chi connectivity index (χ0) is 17.2. The average molecular weight is 365 g/mol. The molecule has 0 aliphatic heterocycles. The van der Waals surface area contributed by atoms with E-state index in [0.717, 1.165) is 4.85 Å². The van der Waals surface area contributed by atoms with E-state index in [-0.39, 0.29) is 16.4 Å². The van der Waals surface area contributed by atoms with Crippen LogP contribution >= 0.6 is 11.3 Å². The van der Waals surface area contributed by atoms with Gasteiger partial charge in [0.1, 0.15) is 4.88 Å². The number of anilines is 1. The van der Waals surface area contributed by atoms with E-state index in [1.165, 1.54) is 30.4 Å². The van der Waals surface area contributed by atoms with Gasteiger partial charge in [0.05, 0.1) is 10.6 Å². The molecular weight excluding hydrogens is 354 g/mol. The van der Waals surface area contributed by atoms with Crippen LogP contribution in [0.2, 0.25) is 0 Å². The van der Waals surface area contributed by atoms with E-state index in [9.17, 15) is 13.2 Å². The highest BCUT2D eigenvalue weighted by Crippen LogP contribution is 2.33. The molecule has 1 N–H and O–H groups in total. The number of thiophene rings is 1. The van der Waals surface area contributed by atoms with Gasteiger partial charge in [-0.3, -0.25) is 4.72 Å². The van der Waals surface area contributed by atoms with Crippen LogP contribution in [-0.4, -0.2) is 34.8 Å². The number of hydrogen-bond donors (Lipinski definition) is 1. The van der Waals surface area contributed by atoms with Gasteiger partial charge in [-0.15, -0.1) is 16.4 Å². The Labute approximate surface area is 140 Å². The van der Waals surface area contributed by atoms with Crippen LogP contribution in [0.3, 0.4) is 0 Å². The lowest BCUT2D eigenvalue weighted by molar-refractivity contribution is -0.143. The van der Waals surface area contributed by atoms with E-state index in [2.05, 4.69) is 20.2 Å². The minimum Gasteiger partial charge on any atom is -0.316 e. The van der Waals surface area contributed by atoms with Crippen LogP contribution in [0.15, 0.2) is 46.7 Å².